The Labute approximate surface area is 120 Å². The van der Waals surface area contributed by atoms with E-state index in [0.717, 1.165) is 24.6 Å². The molecular weight excluding hydrogens is 286 g/mol. The molecule has 1 atom stereocenters. The van der Waals surface area contributed by atoms with E-state index >= 15 is 0 Å². The Morgan fingerprint density at radius 2 is 2.20 bits per heavy atom. The fourth-order valence-electron chi connectivity index (χ4n) is 2.10. The van der Waals surface area contributed by atoms with Crippen molar-refractivity contribution in [2.24, 2.45) is 5.84 Å². The van der Waals surface area contributed by atoms with Crippen LogP contribution in [0.5, 0.6) is 0 Å². The summed E-state index contributed by atoms with van der Waals surface area (Å²) in [6.07, 6.45) is 2.29. The van der Waals surface area contributed by atoms with Crippen LogP contribution in [0.4, 0.5) is 8.78 Å². The van der Waals surface area contributed by atoms with E-state index in [1.165, 1.54) is 6.20 Å². The maximum Gasteiger partial charge on any atom is 0.128 e. The first kappa shape index (κ1) is 14.9. The molecule has 0 saturated carbocycles. The second kappa shape index (κ2) is 6.30. The molecule has 20 heavy (non-hydrogen) atoms. The number of halogens is 3. The average molecular weight is 301 g/mol. The van der Waals surface area contributed by atoms with Crippen LogP contribution in [0.1, 0.15) is 30.6 Å². The van der Waals surface area contributed by atoms with Crippen LogP contribution in [0, 0.1) is 11.6 Å². The van der Waals surface area contributed by atoms with Crippen LogP contribution in [0.2, 0.25) is 5.02 Å². The summed E-state index contributed by atoms with van der Waals surface area (Å²) in [6.45, 7) is 2.59. The molecule has 0 spiro atoms. The first-order valence-corrected chi connectivity index (χ1v) is 6.58. The monoisotopic (exact) mass is 300 g/mol. The summed E-state index contributed by atoms with van der Waals surface area (Å²) in [5, 5.41) is 4.48. The number of nitrogens with one attached hydrogen (secondary N) is 1. The third-order valence-corrected chi connectivity index (χ3v) is 3.27. The van der Waals surface area contributed by atoms with Crippen LogP contribution in [0.25, 0.3) is 0 Å². The van der Waals surface area contributed by atoms with Gasteiger partial charge in [-0.05, 0) is 24.6 Å². The van der Waals surface area contributed by atoms with Crippen molar-refractivity contribution in [1.29, 1.82) is 0 Å². The molecule has 2 aromatic rings. The van der Waals surface area contributed by atoms with Crippen molar-refractivity contribution in [3.8, 4) is 0 Å². The molecule has 0 saturated heterocycles. The van der Waals surface area contributed by atoms with Crippen molar-refractivity contribution in [3.05, 3.63) is 52.3 Å². The van der Waals surface area contributed by atoms with Gasteiger partial charge in [0, 0.05) is 12.1 Å². The van der Waals surface area contributed by atoms with Gasteiger partial charge in [0.2, 0.25) is 0 Å². The van der Waals surface area contributed by atoms with E-state index in [-0.39, 0.29) is 5.56 Å². The van der Waals surface area contributed by atoms with E-state index in [1.54, 1.807) is 4.68 Å². The summed E-state index contributed by atoms with van der Waals surface area (Å²) in [6, 6.07) is 2.44. The largest absolute Gasteiger partial charge is 0.271 e. The molecule has 108 valence electrons. The number of benzene rings is 1. The second-order valence-corrected chi connectivity index (χ2v) is 4.77. The van der Waals surface area contributed by atoms with Gasteiger partial charge in [-0.1, -0.05) is 18.5 Å². The lowest BCUT2D eigenvalue weighted by Gasteiger charge is -2.19. The van der Waals surface area contributed by atoms with E-state index in [4.69, 9.17) is 17.4 Å². The van der Waals surface area contributed by atoms with Gasteiger partial charge in [-0.2, -0.15) is 5.10 Å². The maximum absolute atomic E-state index is 13.9. The number of nitrogens with two attached hydrogens (primary N) is 1. The summed E-state index contributed by atoms with van der Waals surface area (Å²) >= 11 is 6.10. The number of hydrazine groups is 1. The number of hydrogen-bond donors (Lipinski definition) is 2. The number of nitrogens with zero attached hydrogens (tertiary/aromatic N) is 2. The smallest absolute Gasteiger partial charge is 0.128 e. The summed E-state index contributed by atoms with van der Waals surface area (Å²) in [5.74, 6) is 4.41. The molecule has 0 aliphatic rings. The molecule has 0 fully saturated rings. The van der Waals surface area contributed by atoms with Gasteiger partial charge in [0.15, 0.2) is 0 Å². The van der Waals surface area contributed by atoms with Crippen molar-refractivity contribution >= 4 is 11.6 Å². The molecule has 0 radical (unpaired) electrons. The van der Waals surface area contributed by atoms with E-state index in [1.807, 2.05) is 6.92 Å². The zero-order chi connectivity index (χ0) is 14.7. The molecule has 0 aliphatic heterocycles. The first-order chi connectivity index (χ1) is 9.58. The van der Waals surface area contributed by atoms with Crippen LogP contribution < -0.4 is 11.3 Å². The average Bonchev–Trinajstić information content (AvgIpc) is 2.77. The highest BCUT2D eigenvalue weighted by atomic mass is 35.5. The minimum absolute atomic E-state index is 0.0900. The Morgan fingerprint density at radius 3 is 2.85 bits per heavy atom. The van der Waals surface area contributed by atoms with E-state index < -0.39 is 17.7 Å². The zero-order valence-electron chi connectivity index (χ0n) is 10.9. The lowest BCUT2D eigenvalue weighted by Crippen LogP contribution is -2.31. The van der Waals surface area contributed by atoms with Gasteiger partial charge < -0.3 is 0 Å². The van der Waals surface area contributed by atoms with Gasteiger partial charge in [-0.25, -0.2) is 14.2 Å². The minimum atomic E-state index is -0.771. The van der Waals surface area contributed by atoms with Crippen molar-refractivity contribution in [2.75, 3.05) is 0 Å². The van der Waals surface area contributed by atoms with Crippen molar-refractivity contribution < 1.29 is 8.78 Å². The quantitative estimate of drug-likeness (QED) is 0.659. The van der Waals surface area contributed by atoms with Gasteiger partial charge in [-0.15, -0.1) is 0 Å². The second-order valence-electron chi connectivity index (χ2n) is 4.37. The van der Waals surface area contributed by atoms with Crippen molar-refractivity contribution in [3.63, 3.8) is 0 Å². The topological polar surface area (TPSA) is 55.9 Å². The number of rotatable bonds is 5. The summed E-state index contributed by atoms with van der Waals surface area (Å²) in [5.41, 5.74) is 3.08. The SMILES string of the molecule is CCCn1ncc(Cl)c1C(NN)c1cc(F)ccc1F. The molecule has 1 heterocycles. The summed E-state index contributed by atoms with van der Waals surface area (Å²) in [7, 11) is 0. The standard InChI is InChI=1S/C13H15ClF2N4/c1-2-5-20-13(10(14)7-18-20)12(19-17)9-6-8(15)3-4-11(9)16/h3-4,6-7,12,19H,2,5,17H2,1H3. The molecule has 1 aromatic carbocycles. The van der Waals surface area contributed by atoms with E-state index in [9.17, 15) is 8.78 Å². The third kappa shape index (κ3) is 2.82. The normalized spacial score (nSPS) is 12.7. The zero-order valence-corrected chi connectivity index (χ0v) is 11.7. The molecule has 0 amide bonds. The fraction of sp³-hybridized carbons (Fsp3) is 0.308. The van der Waals surface area contributed by atoms with E-state index in [2.05, 4.69) is 10.5 Å². The lowest BCUT2D eigenvalue weighted by atomic mass is 10.0. The van der Waals surface area contributed by atoms with Crippen LogP contribution in [-0.2, 0) is 6.54 Å². The Morgan fingerprint density at radius 1 is 1.45 bits per heavy atom. The number of aromatic nitrogens is 2. The van der Waals surface area contributed by atoms with Crippen molar-refractivity contribution in [1.82, 2.24) is 15.2 Å². The summed E-state index contributed by atoms with van der Waals surface area (Å²) < 4.78 is 28.9. The van der Waals surface area contributed by atoms with Crippen LogP contribution in [0.15, 0.2) is 24.4 Å². The minimum Gasteiger partial charge on any atom is -0.271 e. The fourth-order valence-corrected chi connectivity index (χ4v) is 2.35. The molecule has 4 nitrogen and oxygen atoms in total. The number of aryl methyl sites for hydroxylation is 1. The number of hydrogen-bond acceptors (Lipinski definition) is 3. The van der Waals surface area contributed by atoms with Gasteiger partial charge in [0.05, 0.1) is 23.0 Å². The Kier molecular flexibility index (Phi) is 4.69. The predicted molar refractivity (Wildman–Crippen MR) is 73.1 cm³/mol. The Bertz CT molecular complexity index is 600. The van der Waals surface area contributed by atoms with Crippen molar-refractivity contribution in [2.45, 2.75) is 25.9 Å². The molecule has 1 unspecified atom stereocenters. The van der Waals surface area contributed by atoms with E-state index in [0.29, 0.717) is 17.3 Å². The molecular formula is C13H15ClF2N4. The Hall–Kier alpha value is -1.50. The molecule has 7 heteroatoms. The lowest BCUT2D eigenvalue weighted by molar-refractivity contribution is 0.497. The highest BCUT2D eigenvalue weighted by Crippen LogP contribution is 2.29. The summed E-state index contributed by atoms with van der Waals surface area (Å²) in [4.78, 5) is 0. The third-order valence-electron chi connectivity index (χ3n) is 2.98. The van der Waals surface area contributed by atoms with Gasteiger partial charge >= 0.3 is 0 Å². The van der Waals surface area contributed by atoms with Crippen LogP contribution in [-0.4, -0.2) is 9.78 Å². The van der Waals surface area contributed by atoms with Gasteiger partial charge in [0.1, 0.15) is 11.6 Å². The molecule has 0 aliphatic carbocycles. The van der Waals surface area contributed by atoms with Gasteiger partial charge in [0.25, 0.3) is 0 Å². The molecule has 1 aromatic heterocycles. The molecule has 3 N–H and O–H groups in total. The first-order valence-electron chi connectivity index (χ1n) is 6.20. The highest BCUT2D eigenvalue weighted by molar-refractivity contribution is 6.31. The van der Waals surface area contributed by atoms with Crippen LogP contribution in [0.3, 0.4) is 0 Å². The van der Waals surface area contributed by atoms with Gasteiger partial charge in [-0.3, -0.25) is 10.5 Å². The van der Waals surface area contributed by atoms with Crippen LogP contribution >= 0.6 is 11.6 Å². The maximum atomic E-state index is 13.9. The molecule has 2 rings (SSSR count). The highest BCUT2D eigenvalue weighted by Gasteiger charge is 2.24. The molecule has 0 bridgehead atoms. The predicted octanol–water partition coefficient (Wildman–Crippen LogP) is 2.78. The Balaban J connectivity index is 2.52.